The highest BCUT2D eigenvalue weighted by atomic mass is 35.5. The summed E-state index contributed by atoms with van der Waals surface area (Å²) in [6.07, 6.45) is 0. The molecule has 0 heterocycles. The molecule has 0 unspecified atom stereocenters. The van der Waals surface area contributed by atoms with Crippen LogP contribution in [0.1, 0.15) is 0 Å². The average molecular weight is 251 g/mol. The molecule has 2 aromatic carbocycles. The van der Waals surface area contributed by atoms with Crippen molar-refractivity contribution in [2.45, 2.75) is 4.90 Å². The van der Waals surface area contributed by atoms with Crippen molar-refractivity contribution in [3.8, 4) is 11.1 Å². The van der Waals surface area contributed by atoms with Gasteiger partial charge >= 0.3 is 0 Å². The maximum absolute atomic E-state index is 5.91. The van der Waals surface area contributed by atoms with E-state index in [1.54, 1.807) is 6.07 Å². The molecule has 4 N–H and O–H groups in total. The first kappa shape index (κ1) is 11.2. The first-order valence-electron chi connectivity index (χ1n) is 4.72. The molecule has 82 valence electrons. The SMILES string of the molecule is Nc1cccc(N)c1-c1ccc(Cl)c(S)c1. The van der Waals surface area contributed by atoms with Crippen molar-refractivity contribution in [1.82, 2.24) is 0 Å². The third-order valence-electron chi connectivity index (χ3n) is 2.36. The smallest absolute Gasteiger partial charge is 0.0539 e. The first-order chi connectivity index (χ1) is 7.59. The Morgan fingerprint density at radius 1 is 1.00 bits per heavy atom. The monoisotopic (exact) mass is 250 g/mol. The minimum absolute atomic E-state index is 0.611. The molecule has 2 rings (SSSR count). The zero-order valence-electron chi connectivity index (χ0n) is 8.44. The van der Waals surface area contributed by atoms with Gasteiger partial charge in [-0.2, -0.15) is 0 Å². The zero-order valence-corrected chi connectivity index (χ0v) is 10.1. The van der Waals surface area contributed by atoms with Gasteiger partial charge in [-0.05, 0) is 29.8 Å². The number of nitrogen functional groups attached to an aromatic ring is 2. The van der Waals surface area contributed by atoms with Crippen molar-refractivity contribution >= 4 is 35.6 Å². The fraction of sp³-hybridized carbons (Fsp3) is 0. The predicted octanol–water partition coefficient (Wildman–Crippen LogP) is 3.46. The van der Waals surface area contributed by atoms with Gasteiger partial charge in [0.1, 0.15) is 0 Å². The Morgan fingerprint density at radius 2 is 1.62 bits per heavy atom. The molecule has 16 heavy (non-hydrogen) atoms. The number of anilines is 2. The highest BCUT2D eigenvalue weighted by Gasteiger charge is 2.07. The summed E-state index contributed by atoms with van der Waals surface area (Å²) in [5, 5.41) is 0.611. The minimum atomic E-state index is 0.611. The summed E-state index contributed by atoms with van der Waals surface area (Å²) in [4.78, 5) is 0.710. The average Bonchev–Trinajstić information content (AvgIpc) is 2.23. The molecule has 0 fully saturated rings. The summed E-state index contributed by atoms with van der Waals surface area (Å²) in [7, 11) is 0. The maximum atomic E-state index is 5.91. The summed E-state index contributed by atoms with van der Waals surface area (Å²) in [6.45, 7) is 0. The largest absolute Gasteiger partial charge is 0.398 e. The van der Waals surface area contributed by atoms with E-state index in [1.807, 2.05) is 30.3 Å². The van der Waals surface area contributed by atoms with Crippen molar-refractivity contribution in [1.29, 1.82) is 0 Å². The zero-order chi connectivity index (χ0) is 11.7. The summed E-state index contributed by atoms with van der Waals surface area (Å²) in [5.74, 6) is 0. The summed E-state index contributed by atoms with van der Waals surface area (Å²) >= 11 is 10.2. The van der Waals surface area contributed by atoms with Crippen molar-refractivity contribution < 1.29 is 0 Å². The maximum Gasteiger partial charge on any atom is 0.0539 e. The molecule has 0 spiro atoms. The molecule has 0 aliphatic rings. The van der Waals surface area contributed by atoms with Gasteiger partial charge in [0, 0.05) is 21.8 Å². The van der Waals surface area contributed by atoms with E-state index in [-0.39, 0.29) is 0 Å². The molecule has 0 atom stereocenters. The Kier molecular flexibility index (Phi) is 2.99. The van der Waals surface area contributed by atoms with Crippen molar-refractivity contribution in [3.05, 3.63) is 41.4 Å². The molecule has 0 aliphatic carbocycles. The molecule has 2 nitrogen and oxygen atoms in total. The lowest BCUT2D eigenvalue weighted by molar-refractivity contribution is 1.46. The van der Waals surface area contributed by atoms with E-state index < -0.39 is 0 Å². The van der Waals surface area contributed by atoms with Gasteiger partial charge in [0.2, 0.25) is 0 Å². The topological polar surface area (TPSA) is 52.0 Å². The standard InChI is InChI=1S/C12H11ClN2S/c13-8-5-4-7(6-11(8)16)12-9(14)2-1-3-10(12)15/h1-6,16H,14-15H2. The van der Waals surface area contributed by atoms with Crippen LogP contribution in [0.4, 0.5) is 11.4 Å². The van der Waals surface area contributed by atoms with Crippen LogP contribution in [0.5, 0.6) is 0 Å². The molecule has 0 radical (unpaired) electrons. The van der Waals surface area contributed by atoms with Crippen LogP contribution in [0.3, 0.4) is 0 Å². The van der Waals surface area contributed by atoms with Crippen LogP contribution in [0.25, 0.3) is 11.1 Å². The Hall–Kier alpha value is -1.32. The van der Waals surface area contributed by atoms with Crippen LogP contribution in [0.15, 0.2) is 41.3 Å². The summed E-state index contributed by atoms with van der Waals surface area (Å²) in [6, 6.07) is 11.0. The van der Waals surface area contributed by atoms with Gasteiger partial charge in [-0.1, -0.05) is 23.7 Å². The minimum Gasteiger partial charge on any atom is -0.398 e. The fourth-order valence-corrected chi connectivity index (χ4v) is 1.92. The van der Waals surface area contributed by atoms with Gasteiger partial charge in [0.25, 0.3) is 0 Å². The highest BCUT2D eigenvalue weighted by Crippen LogP contribution is 2.34. The molecular weight excluding hydrogens is 240 g/mol. The lowest BCUT2D eigenvalue weighted by atomic mass is 10.0. The van der Waals surface area contributed by atoms with E-state index in [2.05, 4.69) is 12.6 Å². The van der Waals surface area contributed by atoms with Crippen LogP contribution in [-0.4, -0.2) is 0 Å². The van der Waals surface area contributed by atoms with Gasteiger partial charge in [-0.15, -0.1) is 12.6 Å². The number of nitrogens with two attached hydrogens (primary N) is 2. The number of thiol groups is 1. The molecule has 4 heteroatoms. The third-order valence-corrected chi connectivity index (χ3v) is 3.20. The van der Waals surface area contributed by atoms with E-state index in [0.717, 1.165) is 11.1 Å². The molecular formula is C12H11ClN2S. The number of benzene rings is 2. The predicted molar refractivity (Wildman–Crippen MR) is 73.0 cm³/mol. The van der Waals surface area contributed by atoms with Crippen LogP contribution in [0, 0.1) is 0 Å². The molecule has 0 aliphatic heterocycles. The van der Waals surface area contributed by atoms with Gasteiger partial charge in [0.15, 0.2) is 0 Å². The highest BCUT2D eigenvalue weighted by molar-refractivity contribution is 7.80. The Balaban J connectivity index is 2.63. The van der Waals surface area contributed by atoms with E-state index in [9.17, 15) is 0 Å². The fourth-order valence-electron chi connectivity index (χ4n) is 1.59. The second-order valence-corrected chi connectivity index (χ2v) is 4.37. The van der Waals surface area contributed by atoms with Crippen LogP contribution in [0.2, 0.25) is 5.02 Å². The number of rotatable bonds is 1. The Morgan fingerprint density at radius 3 is 2.19 bits per heavy atom. The third kappa shape index (κ3) is 1.96. The second kappa shape index (κ2) is 4.28. The van der Waals surface area contributed by atoms with E-state index in [4.69, 9.17) is 23.1 Å². The summed E-state index contributed by atoms with van der Waals surface area (Å²) in [5.41, 5.74) is 14.9. The Bertz CT molecular complexity index is 520. The molecule has 0 saturated carbocycles. The lowest BCUT2D eigenvalue weighted by Gasteiger charge is -2.10. The van der Waals surface area contributed by atoms with Gasteiger partial charge in [-0.3, -0.25) is 0 Å². The Labute approximate surface area is 105 Å². The van der Waals surface area contributed by atoms with Gasteiger partial charge < -0.3 is 11.5 Å². The van der Waals surface area contributed by atoms with Gasteiger partial charge in [-0.25, -0.2) is 0 Å². The van der Waals surface area contributed by atoms with Crippen LogP contribution >= 0.6 is 24.2 Å². The number of halogens is 1. The molecule has 0 saturated heterocycles. The molecule has 0 aromatic heterocycles. The quantitative estimate of drug-likeness (QED) is 0.536. The van der Waals surface area contributed by atoms with Crippen LogP contribution in [-0.2, 0) is 0 Å². The van der Waals surface area contributed by atoms with Crippen molar-refractivity contribution in [2.24, 2.45) is 0 Å². The van der Waals surface area contributed by atoms with E-state index in [1.165, 1.54) is 0 Å². The van der Waals surface area contributed by atoms with E-state index in [0.29, 0.717) is 21.3 Å². The van der Waals surface area contributed by atoms with Gasteiger partial charge in [0.05, 0.1) is 5.02 Å². The molecule has 2 aromatic rings. The molecule has 0 bridgehead atoms. The normalized spacial score (nSPS) is 10.4. The first-order valence-corrected chi connectivity index (χ1v) is 5.55. The van der Waals surface area contributed by atoms with Crippen molar-refractivity contribution in [3.63, 3.8) is 0 Å². The van der Waals surface area contributed by atoms with Crippen molar-refractivity contribution in [2.75, 3.05) is 11.5 Å². The lowest BCUT2D eigenvalue weighted by Crippen LogP contribution is -1.95. The number of hydrogen-bond donors (Lipinski definition) is 3. The van der Waals surface area contributed by atoms with E-state index >= 15 is 0 Å². The molecule has 0 amide bonds. The second-order valence-electron chi connectivity index (χ2n) is 3.48. The summed E-state index contributed by atoms with van der Waals surface area (Å²) < 4.78 is 0. The number of hydrogen-bond acceptors (Lipinski definition) is 3. The van der Waals surface area contributed by atoms with Crippen LogP contribution < -0.4 is 11.5 Å².